The standard InChI is InChI=1S/C13H19N3O2S/c1-3-19(17,18)9-7-14-10-12-11(2)15-13-6-4-5-8-16(12)13/h4-6,8,14H,3,7,9-10H2,1-2H3. The van der Waals surface area contributed by atoms with Crippen LogP contribution in [0, 0.1) is 6.92 Å². The Balaban J connectivity index is 2.01. The molecule has 5 nitrogen and oxygen atoms in total. The van der Waals surface area contributed by atoms with E-state index in [0.717, 1.165) is 17.0 Å². The summed E-state index contributed by atoms with van der Waals surface area (Å²) in [7, 11) is -2.90. The van der Waals surface area contributed by atoms with Gasteiger partial charge in [-0.2, -0.15) is 0 Å². The molecule has 0 aromatic carbocycles. The molecule has 0 fully saturated rings. The van der Waals surface area contributed by atoms with Crippen LogP contribution in [0.1, 0.15) is 18.3 Å². The van der Waals surface area contributed by atoms with Crippen LogP contribution < -0.4 is 5.32 Å². The number of nitrogens with one attached hydrogen (secondary N) is 1. The minimum absolute atomic E-state index is 0.180. The van der Waals surface area contributed by atoms with Crippen LogP contribution in [0.4, 0.5) is 0 Å². The molecule has 2 rings (SSSR count). The minimum Gasteiger partial charge on any atom is -0.310 e. The average Bonchev–Trinajstić information content (AvgIpc) is 2.71. The molecule has 104 valence electrons. The Morgan fingerprint density at radius 1 is 1.37 bits per heavy atom. The number of imidazole rings is 1. The van der Waals surface area contributed by atoms with Gasteiger partial charge in [-0.25, -0.2) is 13.4 Å². The van der Waals surface area contributed by atoms with Gasteiger partial charge >= 0.3 is 0 Å². The molecule has 0 saturated heterocycles. The molecule has 0 bridgehead atoms. The topological polar surface area (TPSA) is 63.5 Å². The second kappa shape index (κ2) is 5.71. The fraction of sp³-hybridized carbons (Fsp3) is 0.462. The predicted octanol–water partition coefficient (Wildman–Crippen LogP) is 1.17. The van der Waals surface area contributed by atoms with E-state index in [2.05, 4.69) is 10.3 Å². The van der Waals surface area contributed by atoms with Gasteiger partial charge in [-0.1, -0.05) is 13.0 Å². The van der Waals surface area contributed by atoms with Crippen molar-refractivity contribution in [3.63, 3.8) is 0 Å². The van der Waals surface area contributed by atoms with Crippen molar-refractivity contribution in [3.8, 4) is 0 Å². The zero-order valence-electron chi connectivity index (χ0n) is 11.3. The highest BCUT2D eigenvalue weighted by atomic mass is 32.2. The lowest BCUT2D eigenvalue weighted by Gasteiger charge is -2.06. The van der Waals surface area contributed by atoms with Crippen LogP contribution >= 0.6 is 0 Å². The van der Waals surface area contributed by atoms with Crippen molar-refractivity contribution >= 4 is 15.5 Å². The fourth-order valence-electron chi connectivity index (χ4n) is 1.96. The van der Waals surface area contributed by atoms with Gasteiger partial charge in [-0.15, -0.1) is 0 Å². The molecule has 0 aliphatic carbocycles. The molecule has 0 aliphatic heterocycles. The molecule has 0 unspecified atom stereocenters. The maximum Gasteiger partial charge on any atom is 0.151 e. The van der Waals surface area contributed by atoms with E-state index in [-0.39, 0.29) is 11.5 Å². The van der Waals surface area contributed by atoms with Crippen LogP contribution in [0.25, 0.3) is 5.65 Å². The van der Waals surface area contributed by atoms with Gasteiger partial charge in [0.05, 0.1) is 17.1 Å². The second-order valence-electron chi connectivity index (χ2n) is 4.49. The van der Waals surface area contributed by atoms with E-state index in [1.54, 1.807) is 6.92 Å². The Kier molecular flexibility index (Phi) is 4.21. The van der Waals surface area contributed by atoms with Crippen molar-refractivity contribution in [3.05, 3.63) is 35.8 Å². The van der Waals surface area contributed by atoms with Crippen LogP contribution in [0.15, 0.2) is 24.4 Å². The summed E-state index contributed by atoms with van der Waals surface area (Å²) >= 11 is 0. The third-order valence-electron chi connectivity index (χ3n) is 3.15. The monoisotopic (exact) mass is 281 g/mol. The van der Waals surface area contributed by atoms with Crippen molar-refractivity contribution < 1.29 is 8.42 Å². The summed E-state index contributed by atoms with van der Waals surface area (Å²) in [5, 5.41) is 3.17. The summed E-state index contributed by atoms with van der Waals surface area (Å²) in [4.78, 5) is 4.46. The quantitative estimate of drug-likeness (QED) is 0.807. The molecule has 0 spiro atoms. The third kappa shape index (κ3) is 3.33. The molecule has 2 aromatic heterocycles. The summed E-state index contributed by atoms with van der Waals surface area (Å²) in [5.74, 6) is 0.378. The van der Waals surface area contributed by atoms with Gasteiger partial charge in [-0.05, 0) is 19.1 Å². The van der Waals surface area contributed by atoms with Gasteiger partial charge in [0.25, 0.3) is 0 Å². The lowest BCUT2D eigenvalue weighted by atomic mass is 10.3. The smallest absolute Gasteiger partial charge is 0.151 e. The maximum absolute atomic E-state index is 11.4. The van der Waals surface area contributed by atoms with Crippen molar-refractivity contribution in [2.75, 3.05) is 18.1 Å². The maximum atomic E-state index is 11.4. The molecule has 0 saturated carbocycles. The Labute approximate surface area is 113 Å². The van der Waals surface area contributed by atoms with Crippen molar-refractivity contribution in [1.29, 1.82) is 0 Å². The lowest BCUT2D eigenvalue weighted by molar-refractivity contribution is 0.591. The average molecular weight is 281 g/mol. The largest absolute Gasteiger partial charge is 0.310 e. The first kappa shape index (κ1) is 14.0. The van der Waals surface area contributed by atoms with Gasteiger partial charge in [0.15, 0.2) is 9.84 Å². The SMILES string of the molecule is CCS(=O)(=O)CCNCc1c(C)nc2ccccn12. The number of pyridine rings is 1. The molecular formula is C13H19N3O2S. The summed E-state index contributed by atoms with van der Waals surface area (Å²) in [5.41, 5.74) is 2.96. The zero-order chi connectivity index (χ0) is 13.9. The van der Waals surface area contributed by atoms with Gasteiger partial charge in [-0.3, -0.25) is 0 Å². The summed E-state index contributed by atoms with van der Waals surface area (Å²) in [6.07, 6.45) is 1.97. The van der Waals surface area contributed by atoms with Crippen LogP contribution in [0.3, 0.4) is 0 Å². The highest BCUT2D eigenvalue weighted by Gasteiger charge is 2.09. The Morgan fingerprint density at radius 3 is 2.89 bits per heavy atom. The van der Waals surface area contributed by atoms with Crippen LogP contribution in [-0.2, 0) is 16.4 Å². The van der Waals surface area contributed by atoms with E-state index in [9.17, 15) is 8.42 Å². The Morgan fingerprint density at radius 2 is 2.16 bits per heavy atom. The molecule has 6 heteroatoms. The van der Waals surface area contributed by atoms with Crippen LogP contribution in [0.5, 0.6) is 0 Å². The number of nitrogens with zero attached hydrogens (tertiary/aromatic N) is 2. The first-order chi connectivity index (χ1) is 9.03. The number of hydrogen-bond acceptors (Lipinski definition) is 4. The first-order valence-corrected chi connectivity index (χ1v) is 8.19. The van der Waals surface area contributed by atoms with E-state index in [1.165, 1.54) is 0 Å². The number of aromatic nitrogens is 2. The minimum atomic E-state index is -2.90. The molecule has 0 aliphatic rings. The number of fused-ring (bicyclic) bond motifs is 1. The number of aryl methyl sites for hydroxylation is 1. The normalized spacial score (nSPS) is 12.1. The van der Waals surface area contributed by atoms with Gasteiger partial charge in [0.2, 0.25) is 0 Å². The fourth-order valence-corrected chi connectivity index (χ4v) is 2.70. The summed E-state index contributed by atoms with van der Waals surface area (Å²) in [6, 6.07) is 5.87. The van der Waals surface area contributed by atoms with Gasteiger partial charge in [0.1, 0.15) is 5.65 Å². The summed E-state index contributed by atoms with van der Waals surface area (Å²) in [6.45, 7) is 4.72. The van der Waals surface area contributed by atoms with Crippen molar-refractivity contribution in [1.82, 2.24) is 14.7 Å². The van der Waals surface area contributed by atoms with Crippen molar-refractivity contribution in [2.24, 2.45) is 0 Å². The highest BCUT2D eigenvalue weighted by molar-refractivity contribution is 7.91. The lowest BCUT2D eigenvalue weighted by Crippen LogP contribution is -2.24. The van der Waals surface area contributed by atoms with E-state index < -0.39 is 9.84 Å². The molecule has 1 N–H and O–H groups in total. The molecule has 0 amide bonds. The number of hydrogen-bond donors (Lipinski definition) is 1. The highest BCUT2D eigenvalue weighted by Crippen LogP contribution is 2.11. The van der Waals surface area contributed by atoms with Gasteiger partial charge < -0.3 is 9.72 Å². The van der Waals surface area contributed by atoms with E-state index in [4.69, 9.17) is 0 Å². The number of rotatable bonds is 6. The van der Waals surface area contributed by atoms with E-state index >= 15 is 0 Å². The molecule has 0 atom stereocenters. The van der Waals surface area contributed by atoms with E-state index in [0.29, 0.717) is 13.1 Å². The molecule has 19 heavy (non-hydrogen) atoms. The second-order valence-corrected chi connectivity index (χ2v) is 6.96. The van der Waals surface area contributed by atoms with Crippen LogP contribution in [-0.4, -0.2) is 35.9 Å². The zero-order valence-corrected chi connectivity index (χ0v) is 12.1. The first-order valence-electron chi connectivity index (χ1n) is 6.37. The molecular weight excluding hydrogens is 262 g/mol. The molecule has 2 aromatic rings. The molecule has 0 radical (unpaired) electrons. The van der Waals surface area contributed by atoms with Gasteiger partial charge in [0, 0.05) is 25.0 Å². The van der Waals surface area contributed by atoms with Crippen molar-refractivity contribution in [2.45, 2.75) is 20.4 Å². The molecule has 2 heterocycles. The predicted molar refractivity (Wildman–Crippen MR) is 76.0 cm³/mol. The Bertz CT molecular complexity index is 662. The number of sulfone groups is 1. The summed E-state index contributed by atoms with van der Waals surface area (Å²) < 4.78 is 24.8. The third-order valence-corrected chi connectivity index (χ3v) is 4.86. The van der Waals surface area contributed by atoms with E-state index in [1.807, 2.05) is 35.7 Å². The Hall–Kier alpha value is -1.40. The van der Waals surface area contributed by atoms with Crippen LogP contribution in [0.2, 0.25) is 0 Å².